The van der Waals surface area contributed by atoms with Crippen LogP contribution in [0.15, 0.2) is 27.6 Å². The van der Waals surface area contributed by atoms with Crippen LogP contribution in [0.1, 0.15) is 18.9 Å². The van der Waals surface area contributed by atoms with Crippen molar-refractivity contribution in [1.82, 2.24) is 4.31 Å². The maximum absolute atomic E-state index is 12.4. The molecule has 0 atom stereocenters. The molecule has 0 bridgehead atoms. The molecule has 0 aliphatic heterocycles. The predicted octanol–water partition coefficient (Wildman–Crippen LogP) is 2.24. The van der Waals surface area contributed by atoms with Crippen molar-refractivity contribution < 1.29 is 18.3 Å². The number of nitrogens with zero attached hydrogens (tertiary/aromatic N) is 1. The molecule has 0 saturated heterocycles. The zero-order valence-electron chi connectivity index (χ0n) is 10.8. The van der Waals surface area contributed by atoms with E-state index in [4.69, 9.17) is 5.11 Å². The highest BCUT2D eigenvalue weighted by molar-refractivity contribution is 9.10. The molecule has 0 amide bonds. The quantitative estimate of drug-likeness (QED) is 0.854. The number of aryl methyl sites for hydroxylation is 1. The maximum atomic E-state index is 12.4. The van der Waals surface area contributed by atoms with Crippen molar-refractivity contribution in [2.45, 2.75) is 25.2 Å². The number of hydrogen-bond donors (Lipinski definition) is 1. The molecule has 0 fully saturated rings. The standard InChI is InChI=1S/C12H16BrNO4S/c1-3-4-14(8-12(15)16)19(17,18)11-6-9(2)5-10(13)7-11/h5-7H,3-4,8H2,1-2H3,(H,15,16). The Kier molecular flexibility index (Phi) is 5.51. The number of rotatable bonds is 6. The lowest BCUT2D eigenvalue weighted by Gasteiger charge is -2.20. The van der Waals surface area contributed by atoms with Crippen molar-refractivity contribution in [2.24, 2.45) is 0 Å². The third-order valence-corrected chi connectivity index (χ3v) is 4.72. The van der Waals surface area contributed by atoms with Crippen LogP contribution in [0, 0.1) is 6.92 Å². The van der Waals surface area contributed by atoms with Gasteiger partial charge in [0.05, 0.1) is 4.90 Å². The van der Waals surface area contributed by atoms with Crippen molar-refractivity contribution in [3.8, 4) is 0 Å². The van der Waals surface area contributed by atoms with Crippen molar-refractivity contribution in [3.05, 3.63) is 28.2 Å². The van der Waals surface area contributed by atoms with Crippen LogP contribution in [-0.2, 0) is 14.8 Å². The fraction of sp³-hybridized carbons (Fsp3) is 0.417. The third kappa shape index (κ3) is 4.29. The highest BCUT2D eigenvalue weighted by Crippen LogP contribution is 2.22. The number of carboxylic acids is 1. The lowest BCUT2D eigenvalue weighted by molar-refractivity contribution is -0.137. The Morgan fingerprint density at radius 1 is 1.37 bits per heavy atom. The van der Waals surface area contributed by atoms with Crippen molar-refractivity contribution in [3.63, 3.8) is 0 Å². The fourth-order valence-corrected chi connectivity index (χ4v) is 4.06. The molecule has 1 N–H and O–H groups in total. The Balaban J connectivity index is 3.21. The molecule has 106 valence electrons. The Morgan fingerprint density at radius 3 is 2.47 bits per heavy atom. The second-order valence-corrected chi connectivity index (χ2v) is 7.05. The minimum Gasteiger partial charge on any atom is -0.480 e. The lowest BCUT2D eigenvalue weighted by atomic mass is 10.2. The van der Waals surface area contributed by atoms with Crippen LogP contribution in [0.2, 0.25) is 0 Å². The van der Waals surface area contributed by atoms with E-state index < -0.39 is 22.5 Å². The highest BCUT2D eigenvalue weighted by atomic mass is 79.9. The normalized spacial score (nSPS) is 11.8. The third-order valence-electron chi connectivity index (χ3n) is 2.44. The minimum absolute atomic E-state index is 0.106. The van der Waals surface area contributed by atoms with E-state index in [0.717, 1.165) is 9.87 Å². The zero-order valence-corrected chi connectivity index (χ0v) is 13.2. The average molecular weight is 350 g/mol. The Labute approximate surface area is 121 Å². The zero-order chi connectivity index (χ0) is 14.6. The van der Waals surface area contributed by atoms with Gasteiger partial charge in [-0.15, -0.1) is 0 Å². The number of carboxylic acid groups (broad SMARTS) is 1. The number of hydrogen-bond acceptors (Lipinski definition) is 3. The number of aliphatic carboxylic acids is 1. The Morgan fingerprint density at radius 2 is 2.00 bits per heavy atom. The van der Waals surface area contributed by atoms with Gasteiger partial charge in [0.25, 0.3) is 0 Å². The topological polar surface area (TPSA) is 74.7 Å². The summed E-state index contributed by atoms with van der Waals surface area (Å²) in [6.45, 7) is 3.24. The summed E-state index contributed by atoms with van der Waals surface area (Å²) in [7, 11) is -3.78. The first kappa shape index (κ1) is 16.1. The predicted molar refractivity (Wildman–Crippen MR) is 75.6 cm³/mol. The van der Waals surface area contributed by atoms with Gasteiger partial charge in [-0.05, 0) is 37.1 Å². The van der Waals surface area contributed by atoms with E-state index >= 15 is 0 Å². The SMILES string of the molecule is CCCN(CC(=O)O)S(=O)(=O)c1cc(C)cc(Br)c1. The molecule has 0 spiro atoms. The van der Waals surface area contributed by atoms with E-state index in [1.54, 1.807) is 19.9 Å². The van der Waals surface area contributed by atoms with Crippen LogP contribution in [0.4, 0.5) is 0 Å². The van der Waals surface area contributed by atoms with Gasteiger partial charge in [-0.3, -0.25) is 4.79 Å². The van der Waals surface area contributed by atoms with Gasteiger partial charge in [-0.1, -0.05) is 22.9 Å². The molecular formula is C12H16BrNO4S. The second-order valence-electron chi connectivity index (χ2n) is 4.20. The first-order chi connectivity index (χ1) is 8.77. The van der Waals surface area contributed by atoms with Crippen molar-refractivity contribution >= 4 is 31.9 Å². The summed E-state index contributed by atoms with van der Waals surface area (Å²) in [4.78, 5) is 10.9. The van der Waals surface area contributed by atoms with E-state index in [1.807, 2.05) is 0 Å². The number of benzene rings is 1. The summed E-state index contributed by atoms with van der Waals surface area (Å²) in [5.74, 6) is -1.16. The molecule has 0 unspecified atom stereocenters. The first-order valence-corrected chi connectivity index (χ1v) is 7.99. The molecule has 5 nitrogen and oxygen atoms in total. The van der Waals surface area contributed by atoms with Crippen LogP contribution in [0.5, 0.6) is 0 Å². The molecule has 0 aliphatic rings. The van der Waals surface area contributed by atoms with Crippen LogP contribution in [-0.4, -0.2) is 36.9 Å². The van der Waals surface area contributed by atoms with E-state index in [1.165, 1.54) is 12.1 Å². The van der Waals surface area contributed by atoms with Crippen molar-refractivity contribution in [1.29, 1.82) is 0 Å². The van der Waals surface area contributed by atoms with Gasteiger partial charge in [0.1, 0.15) is 6.54 Å². The van der Waals surface area contributed by atoms with E-state index in [0.29, 0.717) is 10.9 Å². The maximum Gasteiger partial charge on any atom is 0.318 e. The smallest absolute Gasteiger partial charge is 0.318 e. The fourth-order valence-electron chi connectivity index (χ4n) is 1.69. The van der Waals surface area contributed by atoms with E-state index in [-0.39, 0.29) is 11.4 Å². The molecule has 0 saturated carbocycles. The van der Waals surface area contributed by atoms with E-state index in [2.05, 4.69) is 15.9 Å². The van der Waals surface area contributed by atoms with Gasteiger partial charge < -0.3 is 5.11 Å². The summed E-state index contributed by atoms with van der Waals surface area (Å²) in [5.41, 5.74) is 0.791. The van der Waals surface area contributed by atoms with Crippen molar-refractivity contribution in [2.75, 3.05) is 13.1 Å². The number of carbonyl (C=O) groups is 1. The van der Waals surface area contributed by atoms with Gasteiger partial charge in [-0.25, -0.2) is 8.42 Å². The van der Waals surface area contributed by atoms with Crippen LogP contribution in [0.25, 0.3) is 0 Å². The van der Waals surface area contributed by atoms with Gasteiger partial charge in [-0.2, -0.15) is 4.31 Å². The molecule has 0 aliphatic carbocycles. The summed E-state index contributed by atoms with van der Waals surface area (Å²) in [6.07, 6.45) is 0.555. The number of halogens is 1. The number of sulfonamides is 1. The molecule has 1 rings (SSSR count). The average Bonchev–Trinajstić information content (AvgIpc) is 2.26. The van der Waals surface area contributed by atoms with Gasteiger partial charge in [0.15, 0.2) is 0 Å². The van der Waals surface area contributed by atoms with Crippen LogP contribution >= 0.6 is 15.9 Å². The van der Waals surface area contributed by atoms with Gasteiger partial charge in [0, 0.05) is 11.0 Å². The molecular weight excluding hydrogens is 334 g/mol. The molecule has 7 heteroatoms. The molecule has 1 aromatic carbocycles. The Bertz CT molecular complexity index is 551. The summed E-state index contributed by atoms with van der Waals surface area (Å²) in [5, 5.41) is 8.81. The molecule has 19 heavy (non-hydrogen) atoms. The molecule has 1 aromatic rings. The minimum atomic E-state index is -3.78. The summed E-state index contributed by atoms with van der Waals surface area (Å²) in [6, 6.07) is 4.80. The largest absolute Gasteiger partial charge is 0.480 e. The molecule has 0 aromatic heterocycles. The highest BCUT2D eigenvalue weighted by Gasteiger charge is 2.26. The summed E-state index contributed by atoms with van der Waals surface area (Å²) >= 11 is 3.25. The van der Waals surface area contributed by atoms with Gasteiger partial charge >= 0.3 is 5.97 Å². The van der Waals surface area contributed by atoms with Crippen LogP contribution in [0.3, 0.4) is 0 Å². The summed E-state index contributed by atoms with van der Waals surface area (Å²) < 4.78 is 26.4. The van der Waals surface area contributed by atoms with E-state index in [9.17, 15) is 13.2 Å². The molecule has 0 heterocycles. The second kappa shape index (κ2) is 6.49. The Hall–Kier alpha value is -0.920. The monoisotopic (exact) mass is 349 g/mol. The lowest BCUT2D eigenvalue weighted by Crippen LogP contribution is -2.36. The first-order valence-electron chi connectivity index (χ1n) is 5.76. The molecule has 0 radical (unpaired) electrons. The van der Waals surface area contributed by atoms with Crippen LogP contribution < -0.4 is 0 Å². The van der Waals surface area contributed by atoms with Gasteiger partial charge in [0.2, 0.25) is 10.0 Å².